The number of carbonyl (C=O) groups is 2. The van der Waals surface area contributed by atoms with Gasteiger partial charge in [0.05, 0.1) is 18.1 Å². The highest BCUT2D eigenvalue weighted by atomic mass is 16.6. The van der Waals surface area contributed by atoms with Gasteiger partial charge in [0.1, 0.15) is 11.4 Å². The van der Waals surface area contributed by atoms with Crippen LogP contribution < -0.4 is 10.5 Å². The van der Waals surface area contributed by atoms with E-state index in [9.17, 15) is 24.5 Å². The molecule has 0 radical (unpaired) electrons. The second-order valence-corrected chi connectivity index (χ2v) is 7.45. The maximum absolute atomic E-state index is 12.7. The molecule has 0 atom stereocenters. The van der Waals surface area contributed by atoms with Crippen LogP contribution in [0.1, 0.15) is 20.8 Å². The standard InChI is InChI=1S/C20H22N6O6/c27-18-4-2-15(21-22-18)20(29)24-7-5-23(6-8-24)16-3-1-14(13-17(16)26(30)31)19(28)25-9-11-32-12-10-25/h1-4,13H,5-12H2,(H,22,27). The lowest BCUT2D eigenvalue weighted by molar-refractivity contribution is -0.384. The Morgan fingerprint density at radius 1 is 0.969 bits per heavy atom. The van der Waals surface area contributed by atoms with Crippen LogP contribution in [-0.2, 0) is 4.74 Å². The Balaban J connectivity index is 1.47. The van der Waals surface area contributed by atoms with Crippen LogP contribution in [0.4, 0.5) is 11.4 Å². The van der Waals surface area contributed by atoms with Crippen molar-refractivity contribution in [1.82, 2.24) is 20.0 Å². The van der Waals surface area contributed by atoms with Gasteiger partial charge in [0.25, 0.3) is 23.1 Å². The van der Waals surface area contributed by atoms with E-state index in [0.29, 0.717) is 58.2 Å². The minimum Gasteiger partial charge on any atom is -0.378 e. The Morgan fingerprint density at radius 3 is 2.28 bits per heavy atom. The zero-order chi connectivity index (χ0) is 22.7. The largest absolute Gasteiger partial charge is 0.378 e. The van der Waals surface area contributed by atoms with Gasteiger partial charge in [0, 0.05) is 57.0 Å². The number of H-pyrrole nitrogens is 1. The van der Waals surface area contributed by atoms with E-state index in [1.54, 1.807) is 21.9 Å². The summed E-state index contributed by atoms with van der Waals surface area (Å²) in [6.45, 7) is 3.24. The Kier molecular flexibility index (Phi) is 6.12. The molecule has 0 bridgehead atoms. The molecular weight excluding hydrogens is 420 g/mol. The van der Waals surface area contributed by atoms with Gasteiger partial charge in [-0.3, -0.25) is 24.5 Å². The molecule has 4 rings (SSSR count). The van der Waals surface area contributed by atoms with E-state index in [0.717, 1.165) is 0 Å². The fourth-order valence-corrected chi connectivity index (χ4v) is 3.80. The van der Waals surface area contributed by atoms with Gasteiger partial charge < -0.3 is 19.4 Å². The fraction of sp³-hybridized carbons (Fsp3) is 0.400. The number of anilines is 1. The van der Waals surface area contributed by atoms with Crippen LogP contribution in [0.15, 0.2) is 35.1 Å². The Hall–Kier alpha value is -3.80. The summed E-state index contributed by atoms with van der Waals surface area (Å²) in [4.78, 5) is 52.7. The normalized spacial score (nSPS) is 16.7. The van der Waals surface area contributed by atoms with Gasteiger partial charge in [-0.1, -0.05) is 0 Å². The molecule has 2 amide bonds. The number of nitro groups is 1. The van der Waals surface area contributed by atoms with Crippen LogP contribution >= 0.6 is 0 Å². The molecule has 1 aromatic heterocycles. The summed E-state index contributed by atoms with van der Waals surface area (Å²) >= 11 is 0. The molecule has 0 spiro atoms. The van der Waals surface area contributed by atoms with Crippen molar-refractivity contribution >= 4 is 23.2 Å². The summed E-state index contributed by atoms with van der Waals surface area (Å²) in [6, 6.07) is 7.10. The first-order chi connectivity index (χ1) is 15.4. The predicted octanol–water partition coefficient (Wildman–Crippen LogP) is 0.113. The molecule has 3 heterocycles. The van der Waals surface area contributed by atoms with Crippen LogP contribution in [0.3, 0.4) is 0 Å². The first kappa shape index (κ1) is 21.4. The number of carbonyl (C=O) groups excluding carboxylic acids is 2. The Bertz CT molecular complexity index is 1070. The van der Waals surface area contributed by atoms with Crippen LogP contribution in [-0.4, -0.2) is 89.2 Å². The maximum atomic E-state index is 12.7. The van der Waals surface area contributed by atoms with Crippen molar-refractivity contribution in [2.75, 3.05) is 57.4 Å². The molecule has 168 valence electrons. The molecule has 32 heavy (non-hydrogen) atoms. The van der Waals surface area contributed by atoms with Crippen LogP contribution in [0, 0.1) is 10.1 Å². The zero-order valence-electron chi connectivity index (χ0n) is 17.2. The second-order valence-electron chi connectivity index (χ2n) is 7.45. The first-order valence-corrected chi connectivity index (χ1v) is 10.2. The molecule has 2 fully saturated rings. The number of nitrogens with zero attached hydrogens (tertiary/aromatic N) is 5. The number of nitrogens with one attached hydrogen (secondary N) is 1. The van der Waals surface area contributed by atoms with E-state index >= 15 is 0 Å². The number of rotatable bonds is 4. The SMILES string of the molecule is O=C(c1ccc(N2CCN(C(=O)c3ccc(=O)[nH]n3)CC2)c([N+](=O)[O-])c1)N1CCOCC1. The number of amides is 2. The fourth-order valence-electron chi connectivity index (χ4n) is 3.80. The molecule has 0 aliphatic carbocycles. The van der Waals surface area contributed by atoms with Crippen molar-refractivity contribution in [3.63, 3.8) is 0 Å². The number of nitro benzene ring substituents is 1. The molecule has 1 N–H and O–H groups in total. The number of aromatic nitrogens is 2. The van der Waals surface area contributed by atoms with E-state index in [1.165, 1.54) is 18.2 Å². The van der Waals surface area contributed by atoms with Crippen molar-refractivity contribution in [3.8, 4) is 0 Å². The Morgan fingerprint density at radius 2 is 1.66 bits per heavy atom. The number of ether oxygens (including phenoxy) is 1. The minimum absolute atomic E-state index is 0.134. The lowest BCUT2D eigenvalue weighted by atomic mass is 10.1. The highest BCUT2D eigenvalue weighted by Crippen LogP contribution is 2.30. The van der Waals surface area contributed by atoms with Crippen molar-refractivity contribution < 1.29 is 19.2 Å². The average molecular weight is 442 g/mol. The minimum atomic E-state index is -0.493. The maximum Gasteiger partial charge on any atom is 0.293 e. The van der Waals surface area contributed by atoms with Gasteiger partial charge in [-0.05, 0) is 18.2 Å². The van der Waals surface area contributed by atoms with Crippen molar-refractivity contribution in [3.05, 3.63) is 62.1 Å². The van der Waals surface area contributed by atoms with Gasteiger partial charge in [-0.25, -0.2) is 5.10 Å². The molecule has 2 aromatic rings. The third kappa shape index (κ3) is 4.44. The number of aromatic amines is 1. The van der Waals surface area contributed by atoms with Crippen molar-refractivity contribution in [2.24, 2.45) is 0 Å². The molecule has 2 aliphatic heterocycles. The summed E-state index contributed by atoms with van der Waals surface area (Å²) in [5.74, 6) is -0.575. The van der Waals surface area contributed by atoms with Crippen LogP contribution in [0.25, 0.3) is 0 Å². The number of piperazine rings is 1. The lowest BCUT2D eigenvalue weighted by Gasteiger charge is -2.35. The highest BCUT2D eigenvalue weighted by Gasteiger charge is 2.28. The third-order valence-electron chi connectivity index (χ3n) is 5.52. The zero-order valence-corrected chi connectivity index (χ0v) is 17.2. The number of morpholine rings is 1. The van der Waals surface area contributed by atoms with Crippen molar-refractivity contribution in [1.29, 1.82) is 0 Å². The number of benzene rings is 1. The second kappa shape index (κ2) is 9.14. The van der Waals surface area contributed by atoms with Crippen LogP contribution in [0.5, 0.6) is 0 Å². The topological polar surface area (TPSA) is 142 Å². The smallest absolute Gasteiger partial charge is 0.293 e. The first-order valence-electron chi connectivity index (χ1n) is 10.2. The van der Waals surface area contributed by atoms with Gasteiger partial charge >= 0.3 is 0 Å². The molecule has 0 unspecified atom stereocenters. The monoisotopic (exact) mass is 442 g/mol. The average Bonchev–Trinajstić information content (AvgIpc) is 2.84. The predicted molar refractivity (Wildman–Crippen MR) is 113 cm³/mol. The van der Waals surface area contributed by atoms with E-state index in [1.807, 2.05) is 4.90 Å². The van der Waals surface area contributed by atoms with Gasteiger partial charge in [0.15, 0.2) is 0 Å². The summed E-state index contributed by atoms with van der Waals surface area (Å²) in [6.07, 6.45) is 0. The highest BCUT2D eigenvalue weighted by molar-refractivity contribution is 5.96. The molecule has 2 saturated heterocycles. The van der Waals surface area contributed by atoms with Gasteiger partial charge in [-0.2, -0.15) is 5.10 Å². The quantitative estimate of drug-likeness (QED) is 0.519. The van der Waals surface area contributed by atoms with E-state index in [4.69, 9.17) is 4.74 Å². The molecule has 2 aliphatic rings. The lowest BCUT2D eigenvalue weighted by Crippen LogP contribution is -2.49. The summed E-state index contributed by atoms with van der Waals surface area (Å²) in [7, 11) is 0. The number of hydrogen-bond acceptors (Lipinski definition) is 8. The Labute approximate surface area is 182 Å². The van der Waals surface area contributed by atoms with E-state index < -0.39 is 10.5 Å². The van der Waals surface area contributed by atoms with E-state index in [-0.39, 0.29) is 28.8 Å². The molecular formula is C20H22N6O6. The molecule has 12 heteroatoms. The third-order valence-corrected chi connectivity index (χ3v) is 5.52. The number of hydrogen-bond donors (Lipinski definition) is 1. The van der Waals surface area contributed by atoms with Crippen molar-refractivity contribution in [2.45, 2.75) is 0 Å². The molecule has 12 nitrogen and oxygen atoms in total. The van der Waals surface area contributed by atoms with Gasteiger partial charge in [0.2, 0.25) is 0 Å². The van der Waals surface area contributed by atoms with Crippen LogP contribution in [0.2, 0.25) is 0 Å². The summed E-state index contributed by atoms with van der Waals surface area (Å²) in [5.41, 5.74) is 0.263. The molecule has 0 saturated carbocycles. The molecule has 1 aromatic carbocycles. The summed E-state index contributed by atoms with van der Waals surface area (Å²) < 4.78 is 5.25. The van der Waals surface area contributed by atoms with E-state index in [2.05, 4.69) is 10.2 Å². The van der Waals surface area contributed by atoms with Gasteiger partial charge in [-0.15, -0.1) is 0 Å². The summed E-state index contributed by atoms with van der Waals surface area (Å²) in [5, 5.41) is 17.7.